The molecule has 1 aliphatic heterocycles. The molecular weight excluding hydrogens is 320 g/mol. The summed E-state index contributed by atoms with van der Waals surface area (Å²) >= 11 is 4.36. The summed E-state index contributed by atoms with van der Waals surface area (Å²) in [6.07, 6.45) is 0.386. The Morgan fingerprint density at radius 3 is 2.70 bits per heavy atom. The third kappa shape index (κ3) is 5.11. The van der Waals surface area contributed by atoms with Crippen molar-refractivity contribution in [2.24, 2.45) is 0 Å². The molecule has 1 aliphatic rings. The van der Waals surface area contributed by atoms with Crippen molar-refractivity contribution in [3.05, 3.63) is 39.9 Å². The normalized spacial score (nSPS) is 20.3. The number of amides is 1. The molecule has 1 aromatic carbocycles. The number of carbonyl (C=O) groups excluding carboxylic acids is 1. The Morgan fingerprint density at radius 1 is 1.48 bits per heavy atom. The van der Waals surface area contributed by atoms with Gasteiger partial charge in [0.2, 0.25) is 0 Å². The Kier molecular flexibility index (Phi) is 6.23. The summed E-state index contributed by atoms with van der Waals surface area (Å²) in [4.78, 5) is 23.8. The average Bonchev–Trinajstić information content (AvgIpc) is 2.95. The van der Waals surface area contributed by atoms with Crippen molar-refractivity contribution >= 4 is 24.4 Å². The van der Waals surface area contributed by atoms with Gasteiger partial charge in [-0.1, -0.05) is 0 Å². The number of likely N-dealkylation sites (N-methyl/N-ethyl adjacent to an activating group) is 1. The van der Waals surface area contributed by atoms with Crippen molar-refractivity contribution < 1.29 is 19.2 Å². The summed E-state index contributed by atoms with van der Waals surface area (Å²) in [6.45, 7) is 3.56. The molecule has 126 valence electrons. The van der Waals surface area contributed by atoms with E-state index >= 15 is 0 Å². The van der Waals surface area contributed by atoms with Gasteiger partial charge in [-0.05, 0) is 31.0 Å². The highest BCUT2D eigenvalue weighted by atomic mass is 32.1. The Hall–Kier alpha value is -1.80. The maximum Gasteiger partial charge on any atom is 0.410 e. The molecule has 1 saturated heterocycles. The van der Waals surface area contributed by atoms with Crippen LogP contribution >= 0.6 is 12.6 Å². The van der Waals surface area contributed by atoms with E-state index in [1.54, 1.807) is 17.0 Å². The number of rotatable bonds is 6. The number of carbonyl (C=O) groups is 1. The monoisotopic (exact) mass is 340 g/mol. The van der Waals surface area contributed by atoms with Crippen LogP contribution in [0.1, 0.15) is 18.9 Å². The predicted octanol–water partition coefficient (Wildman–Crippen LogP) is 2.64. The smallest absolute Gasteiger partial charge is 0.410 e. The minimum absolute atomic E-state index is 0.00922. The first-order valence-corrected chi connectivity index (χ1v) is 7.96. The molecule has 0 unspecified atom stereocenters. The number of nitrogens with zero attached hydrogens (tertiary/aromatic N) is 2. The molecule has 0 bridgehead atoms. The Balaban J connectivity index is 1.83. The highest BCUT2D eigenvalue weighted by Crippen LogP contribution is 2.19. The number of hydrogen-bond acceptors (Lipinski definition) is 6. The van der Waals surface area contributed by atoms with E-state index in [1.807, 2.05) is 6.92 Å². The number of thiol groups is 1. The van der Waals surface area contributed by atoms with Gasteiger partial charge in [-0.25, -0.2) is 4.79 Å². The van der Waals surface area contributed by atoms with Crippen LogP contribution in [0.15, 0.2) is 24.3 Å². The van der Waals surface area contributed by atoms with Crippen LogP contribution in [-0.2, 0) is 16.1 Å². The Morgan fingerprint density at radius 2 is 2.17 bits per heavy atom. The molecule has 8 heteroatoms. The van der Waals surface area contributed by atoms with Gasteiger partial charge in [0, 0.05) is 23.9 Å². The summed E-state index contributed by atoms with van der Waals surface area (Å²) in [6, 6.07) is 5.93. The second-order valence-corrected chi connectivity index (χ2v) is 6.09. The van der Waals surface area contributed by atoms with E-state index in [-0.39, 0.29) is 23.6 Å². The van der Waals surface area contributed by atoms with Gasteiger partial charge in [0.05, 0.1) is 24.2 Å². The lowest BCUT2D eigenvalue weighted by Gasteiger charge is -2.23. The van der Waals surface area contributed by atoms with E-state index in [4.69, 9.17) is 9.47 Å². The molecule has 0 aromatic heterocycles. The van der Waals surface area contributed by atoms with Crippen LogP contribution in [0.5, 0.6) is 0 Å². The van der Waals surface area contributed by atoms with Crippen LogP contribution < -0.4 is 0 Å². The van der Waals surface area contributed by atoms with E-state index in [2.05, 4.69) is 12.6 Å². The number of nitro benzene ring substituents is 1. The first-order chi connectivity index (χ1) is 11.0. The lowest BCUT2D eigenvalue weighted by Crippen LogP contribution is -2.37. The first-order valence-electron chi connectivity index (χ1n) is 7.44. The van der Waals surface area contributed by atoms with Crippen molar-refractivity contribution in [3.8, 4) is 0 Å². The third-order valence-electron chi connectivity index (χ3n) is 3.63. The number of ether oxygens (including phenoxy) is 2. The Labute approximate surface area is 140 Å². The van der Waals surface area contributed by atoms with Gasteiger partial charge in [0.15, 0.2) is 0 Å². The molecule has 1 fully saturated rings. The second-order valence-electron chi connectivity index (χ2n) is 5.36. The summed E-state index contributed by atoms with van der Waals surface area (Å²) in [5.74, 6) is 0. The van der Waals surface area contributed by atoms with Crippen LogP contribution in [0.4, 0.5) is 10.5 Å². The van der Waals surface area contributed by atoms with E-state index in [1.165, 1.54) is 12.1 Å². The molecular formula is C15H20N2O5S. The lowest BCUT2D eigenvalue weighted by atomic mass is 10.2. The SMILES string of the molecule is CCN(C[C@@H]1C[C@H](S)CO1)C(=O)OCc1ccc([N+](=O)[O-])cc1. The minimum atomic E-state index is -0.467. The predicted molar refractivity (Wildman–Crippen MR) is 87.7 cm³/mol. The molecule has 23 heavy (non-hydrogen) atoms. The standard InChI is InChI=1S/C15H20N2O5S/c1-2-16(8-13-7-14(23)10-21-13)15(18)22-9-11-3-5-12(6-4-11)17(19)20/h3-6,13-14,23H,2,7-10H2,1H3/t13-,14-/m0/s1. The van der Waals surface area contributed by atoms with Gasteiger partial charge in [0.1, 0.15) is 6.61 Å². The van der Waals surface area contributed by atoms with Crippen LogP contribution in [-0.4, -0.2) is 47.0 Å². The van der Waals surface area contributed by atoms with Crippen molar-refractivity contribution in [1.82, 2.24) is 4.90 Å². The molecule has 0 spiro atoms. The van der Waals surface area contributed by atoms with Gasteiger partial charge in [-0.15, -0.1) is 0 Å². The van der Waals surface area contributed by atoms with E-state index in [9.17, 15) is 14.9 Å². The first kappa shape index (κ1) is 17.6. The fourth-order valence-corrected chi connectivity index (χ4v) is 2.66. The number of hydrogen-bond donors (Lipinski definition) is 1. The van der Waals surface area contributed by atoms with Crippen LogP contribution in [0.2, 0.25) is 0 Å². The zero-order chi connectivity index (χ0) is 16.8. The topological polar surface area (TPSA) is 81.9 Å². The quantitative estimate of drug-likeness (QED) is 0.489. The van der Waals surface area contributed by atoms with Crippen LogP contribution in [0, 0.1) is 10.1 Å². The largest absolute Gasteiger partial charge is 0.445 e. The second kappa shape index (κ2) is 8.16. The third-order valence-corrected chi connectivity index (χ3v) is 3.99. The van der Waals surface area contributed by atoms with E-state index < -0.39 is 11.0 Å². The fourth-order valence-electron chi connectivity index (χ4n) is 2.34. The molecule has 0 N–H and O–H groups in total. The van der Waals surface area contributed by atoms with Gasteiger partial charge in [0.25, 0.3) is 5.69 Å². The molecule has 1 heterocycles. The zero-order valence-corrected chi connectivity index (χ0v) is 13.8. The molecule has 0 saturated carbocycles. The summed E-state index contributed by atoms with van der Waals surface area (Å²) < 4.78 is 10.8. The molecule has 2 atom stereocenters. The van der Waals surface area contributed by atoms with Gasteiger partial charge < -0.3 is 14.4 Å². The number of non-ortho nitro benzene ring substituents is 1. The van der Waals surface area contributed by atoms with Crippen LogP contribution in [0.25, 0.3) is 0 Å². The molecule has 2 rings (SSSR count). The maximum absolute atomic E-state index is 12.1. The van der Waals surface area contributed by atoms with Gasteiger partial charge in [-0.2, -0.15) is 12.6 Å². The molecule has 7 nitrogen and oxygen atoms in total. The van der Waals surface area contributed by atoms with Crippen molar-refractivity contribution in [1.29, 1.82) is 0 Å². The van der Waals surface area contributed by atoms with Crippen LogP contribution in [0.3, 0.4) is 0 Å². The molecule has 0 aliphatic carbocycles. The van der Waals surface area contributed by atoms with Gasteiger partial charge >= 0.3 is 6.09 Å². The number of benzene rings is 1. The Bertz CT molecular complexity index is 551. The summed E-state index contributed by atoms with van der Waals surface area (Å²) in [7, 11) is 0. The van der Waals surface area contributed by atoms with Crippen molar-refractivity contribution in [2.75, 3.05) is 19.7 Å². The summed E-state index contributed by atoms with van der Waals surface area (Å²) in [5.41, 5.74) is 0.711. The van der Waals surface area contributed by atoms with E-state index in [0.29, 0.717) is 25.3 Å². The lowest BCUT2D eigenvalue weighted by molar-refractivity contribution is -0.384. The van der Waals surface area contributed by atoms with Crippen molar-refractivity contribution in [2.45, 2.75) is 31.3 Å². The average molecular weight is 340 g/mol. The van der Waals surface area contributed by atoms with Crippen molar-refractivity contribution in [3.63, 3.8) is 0 Å². The highest BCUT2D eigenvalue weighted by Gasteiger charge is 2.26. The molecule has 1 amide bonds. The summed E-state index contributed by atoms with van der Waals surface area (Å²) in [5, 5.41) is 10.8. The fraction of sp³-hybridized carbons (Fsp3) is 0.533. The number of nitro groups is 1. The molecule has 0 radical (unpaired) electrons. The van der Waals surface area contributed by atoms with E-state index in [0.717, 1.165) is 6.42 Å². The van der Waals surface area contributed by atoms with Gasteiger partial charge in [-0.3, -0.25) is 10.1 Å². The maximum atomic E-state index is 12.1. The highest BCUT2D eigenvalue weighted by molar-refractivity contribution is 7.81. The zero-order valence-electron chi connectivity index (χ0n) is 12.9. The minimum Gasteiger partial charge on any atom is -0.445 e. The molecule has 1 aromatic rings.